The van der Waals surface area contributed by atoms with Gasteiger partial charge in [0.1, 0.15) is 5.75 Å². The van der Waals surface area contributed by atoms with Crippen LogP contribution in [0.15, 0.2) is 24.3 Å². The van der Waals surface area contributed by atoms with Crippen LogP contribution in [0, 0.1) is 0 Å². The molecule has 1 aromatic carbocycles. The molecule has 1 amide bonds. The molecule has 0 aliphatic heterocycles. The molecule has 0 unspecified atom stereocenters. The number of hydrogen-bond acceptors (Lipinski definition) is 5. The second-order valence-electron chi connectivity index (χ2n) is 5.04. The number of nitrogens with zero attached hydrogens (tertiary/aromatic N) is 3. The van der Waals surface area contributed by atoms with Crippen molar-refractivity contribution in [2.24, 2.45) is 0 Å². The van der Waals surface area contributed by atoms with Crippen molar-refractivity contribution in [1.82, 2.24) is 25.9 Å². The number of aromatic nitrogens is 4. The summed E-state index contributed by atoms with van der Waals surface area (Å²) in [4.78, 5) is 12.2. The van der Waals surface area contributed by atoms with E-state index in [9.17, 15) is 4.79 Å². The van der Waals surface area contributed by atoms with E-state index < -0.39 is 11.6 Å². The number of carbonyl (C=O) groups is 1. The van der Waals surface area contributed by atoms with E-state index in [0.29, 0.717) is 16.6 Å². The average molecular weight is 310 g/mol. The minimum atomic E-state index is -0.762. The zero-order chi connectivity index (χ0) is 15.5. The highest BCUT2D eigenvalue weighted by Gasteiger charge is 2.30. The molecule has 0 aliphatic rings. The summed E-state index contributed by atoms with van der Waals surface area (Å²) in [6, 6.07) is 6.98. The third-order valence-corrected chi connectivity index (χ3v) is 3.16. The van der Waals surface area contributed by atoms with Gasteiger partial charge in [0.05, 0.1) is 10.6 Å². The van der Waals surface area contributed by atoms with Gasteiger partial charge in [0, 0.05) is 0 Å². The Kier molecular flexibility index (Phi) is 4.42. The van der Waals surface area contributed by atoms with Gasteiger partial charge in [-0.2, -0.15) is 5.21 Å². The standard InChI is InChI=1S/C13H16ClN5O2/c1-8(21-10-7-5-4-6-9(10)14)11(20)15-13(2,3)12-16-18-19-17-12/h4-8H,1-3H3,(H,15,20)(H,16,17,18,19)/t8-/m0/s1. The molecule has 0 fully saturated rings. The van der Waals surface area contributed by atoms with Crippen molar-refractivity contribution in [3.63, 3.8) is 0 Å². The quantitative estimate of drug-likeness (QED) is 0.876. The number of amides is 1. The number of rotatable bonds is 5. The summed E-state index contributed by atoms with van der Waals surface area (Å²) in [5, 5.41) is 16.8. The van der Waals surface area contributed by atoms with E-state index >= 15 is 0 Å². The van der Waals surface area contributed by atoms with Crippen LogP contribution in [0.5, 0.6) is 5.75 Å². The maximum atomic E-state index is 12.2. The summed E-state index contributed by atoms with van der Waals surface area (Å²) < 4.78 is 5.56. The highest BCUT2D eigenvalue weighted by molar-refractivity contribution is 6.32. The Hall–Kier alpha value is -2.15. The van der Waals surface area contributed by atoms with E-state index in [1.54, 1.807) is 45.0 Å². The maximum Gasteiger partial charge on any atom is 0.261 e. The summed E-state index contributed by atoms with van der Waals surface area (Å²) in [5.41, 5.74) is -0.762. The number of tetrazole rings is 1. The number of hydrogen-bond donors (Lipinski definition) is 2. The van der Waals surface area contributed by atoms with E-state index in [-0.39, 0.29) is 5.91 Å². The number of benzene rings is 1. The Morgan fingerprint density at radius 1 is 1.43 bits per heavy atom. The van der Waals surface area contributed by atoms with Crippen molar-refractivity contribution in [3.05, 3.63) is 35.1 Å². The zero-order valence-electron chi connectivity index (χ0n) is 11.9. The first kappa shape index (κ1) is 15.2. The van der Waals surface area contributed by atoms with Gasteiger partial charge in [-0.3, -0.25) is 4.79 Å². The molecule has 2 N–H and O–H groups in total. The van der Waals surface area contributed by atoms with E-state index in [1.807, 2.05) is 0 Å². The van der Waals surface area contributed by atoms with Gasteiger partial charge in [-0.05, 0) is 32.9 Å². The molecule has 1 aromatic heterocycles. The molecular weight excluding hydrogens is 294 g/mol. The average Bonchev–Trinajstić information content (AvgIpc) is 2.95. The van der Waals surface area contributed by atoms with Crippen LogP contribution in [0.1, 0.15) is 26.6 Å². The van der Waals surface area contributed by atoms with Gasteiger partial charge in [-0.25, -0.2) is 0 Å². The lowest BCUT2D eigenvalue weighted by molar-refractivity contribution is -0.129. The molecule has 0 saturated heterocycles. The zero-order valence-corrected chi connectivity index (χ0v) is 12.7. The van der Waals surface area contributed by atoms with Gasteiger partial charge in [-0.15, -0.1) is 10.2 Å². The summed E-state index contributed by atoms with van der Waals surface area (Å²) in [6.45, 7) is 5.20. The lowest BCUT2D eigenvalue weighted by Gasteiger charge is -2.25. The molecule has 1 atom stereocenters. The second-order valence-corrected chi connectivity index (χ2v) is 5.45. The Balaban J connectivity index is 2.02. The Morgan fingerprint density at radius 3 is 2.76 bits per heavy atom. The van der Waals surface area contributed by atoms with Gasteiger partial charge in [0.15, 0.2) is 11.9 Å². The summed E-state index contributed by atoms with van der Waals surface area (Å²) in [6.07, 6.45) is -0.712. The first-order valence-electron chi connectivity index (χ1n) is 6.37. The Labute approximate surface area is 127 Å². The summed E-state index contributed by atoms with van der Waals surface area (Å²) in [7, 11) is 0. The molecule has 2 rings (SSSR count). The highest BCUT2D eigenvalue weighted by atomic mass is 35.5. The normalized spacial score (nSPS) is 12.8. The third kappa shape index (κ3) is 3.69. The molecule has 0 saturated carbocycles. The summed E-state index contributed by atoms with van der Waals surface area (Å²) >= 11 is 6.00. The molecule has 0 radical (unpaired) electrons. The number of H-pyrrole nitrogens is 1. The van der Waals surface area contributed by atoms with Crippen molar-refractivity contribution in [2.45, 2.75) is 32.4 Å². The van der Waals surface area contributed by atoms with Crippen LogP contribution >= 0.6 is 11.6 Å². The Morgan fingerprint density at radius 2 is 2.14 bits per heavy atom. The number of halogens is 1. The fraction of sp³-hybridized carbons (Fsp3) is 0.385. The fourth-order valence-electron chi connectivity index (χ4n) is 1.68. The first-order chi connectivity index (χ1) is 9.90. The lowest BCUT2D eigenvalue weighted by Crippen LogP contribution is -2.47. The Bertz CT molecular complexity index is 615. The van der Waals surface area contributed by atoms with E-state index in [2.05, 4.69) is 25.9 Å². The van der Waals surface area contributed by atoms with Crippen molar-refractivity contribution < 1.29 is 9.53 Å². The number of para-hydroxylation sites is 1. The van der Waals surface area contributed by atoms with Crippen molar-refractivity contribution in [3.8, 4) is 5.75 Å². The minimum Gasteiger partial charge on any atom is -0.479 e. The maximum absolute atomic E-state index is 12.2. The van der Waals surface area contributed by atoms with Gasteiger partial charge in [0.25, 0.3) is 5.91 Å². The monoisotopic (exact) mass is 309 g/mol. The van der Waals surface area contributed by atoms with E-state index in [0.717, 1.165) is 0 Å². The van der Waals surface area contributed by atoms with Gasteiger partial charge in [-0.1, -0.05) is 28.9 Å². The number of carbonyl (C=O) groups excluding carboxylic acids is 1. The number of aromatic amines is 1. The molecule has 1 heterocycles. The van der Waals surface area contributed by atoms with Crippen LogP contribution in [0.3, 0.4) is 0 Å². The molecular formula is C13H16ClN5O2. The van der Waals surface area contributed by atoms with Crippen molar-refractivity contribution in [1.29, 1.82) is 0 Å². The topological polar surface area (TPSA) is 92.8 Å². The van der Waals surface area contributed by atoms with Crippen molar-refractivity contribution >= 4 is 17.5 Å². The molecule has 2 aromatic rings. The molecule has 8 heteroatoms. The molecule has 112 valence electrons. The highest BCUT2D eigenvalue weighted by Crippen LogP contribution is 2.24. The van der Waals surface area contributed by atoms with Crippen LogP contribution in [0.4, 0.5) is 0 Å². The largest absolute Gasteiger partial charge is 0.479 e. The third-order valence-electron chi connectivity index (χ3n) is 2.85. The van der Waals surface area contributed by atoms with Gasteiger partial charge >= 0.3 is 0 Å². The van der Waals surface area contributed by atoms with Crippen LogP contribution in [0.25, 0.3) is 0 Å². The van der Waals surface area contributed by atoms with Gasteiger partial charge < -0.3 is 10.1 Å². The smallest absolute Gasteiger partial charge is 0.261 e. The predicted molar refractivity (Wildman–Crippen MR) is 76.9 cm³/mol. The van der Waals surface area contributed by atoms with Crippen LogP contribution in [0.2, 0.25) is 5.02 Å². The molecule has 0 aliphatic carbocycles. The van der Waals surface area contributed by atoms with E-state index in [1.165, 1.54) is 0 Å². The second kappa shape index (κ2) is 6.09. The molecule has 7 nitrogen and oxygen atoms in total. The summed E-state index contributed by atoms with van der Waals surface area (Å²) in [5.74, 6) is 0.546. The molecule has 21 heavy (non-hydrogen) atoms. The SMILES string of the molecule is C[C@H](Oc1ccccc1Cl)C(=O)NC(C)(C)c1nn[nH]n1. The van der Waals surface area contributed by atoms with Crippen LogP contribution in [-0.4, -0.2) is 32.6 Å². The van der Waals surface area contributed by atoms with E-state index in [4.69, 9.17) is 16.3 Å². The van der Waals surface area contributed by atoms with Crippen molar-refractivity contribution in [2.75, 3.05) is 0 Å². The first-order valence-corrected chi connectivity index (χ1v) is 6.75. The fourth-order valence-corrected chi connectivity index (χ4v) is 1.86. The van der Waals surface area contributed by atoms with Gasteiger partial charge in [0.2, 0.25) is 0 Å². The predicted octanol–water partition coefficient (Wildman–Crippen LogP) is 1.67. The minimum absolute atomic E-state index is 0.301. The lowest BCUT2D eigenvalue weighted by atomic mass is 10.0. The van der Waals surface area contributed by atoms with Crippen LogP contribution in [-0.2, 0) is 10.3 Å². The molecule has 0 spiro atoms. The number of ether oxygens (including phenoxy) is 1. The number of nitrogens with one attached hydrogen (secondary N) is 2. The molecule has 0 bridgehead atoms. The van der Waals surface area contributed by atoms with Crippen LogP contribution < -0.4 is 10.1 Å².